The van der Waals surface area contributed by atoms with Gasteiger partial charge in [0.05, 0.1) is 6.61 Å². The van der Waals surface area contributed by atoms with Crippen LogP contribution >= 0.6 is 24.0 Å². The molecule has 1 aromatic rings. The molecule has 2 saturated carbocycles. The fourth-order valence-electron chi connectivity index (χ4n) is 3.11. The van der Waals surface area contributed by atoms with Crippen LogP contribution < -0.4 is 5.32 Å². The summed E-state index contributed by atoms with van der Waals surface area (Å²) in [5.41, 5.74) is 1.86. The van der Waals surface area contributed by atoms with Gasteiger partial charge in [0.15, 0.2) is 5.96 Å². The van der Waals surface area contributed by atoms with Crippen molar-refractivity contribution in [2.75, 3.05) is 40.4 Å². The molecular formula is C20H32IN3O. The molecule has 2 fully saturated rings. The Hall–Kier alpha value is -0.820. The standard InChI is InChI=1S/C20H31N3O.HI/c1-21-19(23(2)12-13-24-15-18-8-9-18)22-16-20(10-11-20)14-17-6-4-3-5-7-17;/h3-7,18H,8-16H2,1-2H3,(H,21,22);1H. The molecule has 3 rings (SSSR count). The highest BCUT2D eigenvalue weighted by atomic mass is 127. The lowest BCUT2D eigenvalue weighted by Crippen LogP contribution is -2.43. The normalized spacial score (nSPS) is 18.4. The van der Waals surface area contributed by atoms with Crippen molar-refractivity contribution in [3.05, 3.63) is 35.9 Å². The summed E-state index contributed by atoms with van der Waals surface area (Å²) in [6, 6.07) is 10.8. The molecule has 25 heavy (non-hydrogen) atoms. The first-order valence-electron chi connectivity index (χ1n) is 9.24. The molecule has 2 aliphatic carbocycles. The second-order valence-electron chi connectivity index (χ2n) is 7.50. The van der Waals surface area contributed by atoms with Crippen LogP contribution in [-0.4, -0.2) is 51.3 Å². The van der Waals surface area contributed by atoms with Crippen molar-refractivity contribution in [1.29, 1.82) is 0 Å². The Morgan fingerprint density at radius 3 is 2.60 bits per heavy atom. The van der Waals surface area contributed by atoms with Crippen molar-refractivity contribution < 1.29 is 4.74 Å². The van der Waals surface area contributed by atoms with E-state index >= 15 is 0 Å². The van der Waals surface area contributed by atoms with E-state index in [0.29, 0.717) is 5.41 Å². The van der Waals surface area contributed by atoms with Crippen LogP contribution in [0.3, 0.4) is 0 Å². The summed E-state index contributed by atoms with van der Waals surface area (Å²) in [6.07, 6.45) is 6.47. The van der Waals surface area contributed by atoms with Crippen LogP contribution in [0.15, 0.2) is 35.3 Å². The molecule has 0 spiro atoms. The third-order valence-corrected chi connectivity index (χ3v) is 5.20. The van der Waals surface area contributed by atoms with Crippen LogP contribution in [0.2, 0.25) is 0 Å². The molecule has 0 amide bonds. The molecule has 2 aliphatic rings. The Morgan fingerprint density at radius 2 is 2.00 bits per heavy atom. The first kappa shape index (κ1) is 20.5. The van der Waals surface area contributed by atoms with Gasteiger partial charge < -0.3 is 15.0 Å². The number of ether oxygens (including phenoxy) is 1. The highest BCUT2D eigenvalue weighted by Gasteiger charge is 2.42. The summed E-state index contributed by atoms with van der Waals surface area (Å²) >= 11 is 0. The predicted molar refractivity (Wildman–Crippen MR) is 115 cm³/mol. The SMILES string of the molecule is CN=C(NCC1(Cc2ccccc2)CC1)N(C)CCOCC1CC1.I. The minimum absolute atomic E-state index is 0. The van der Waals surface area contributed by atoms with Crippen molar-refractivity contribution in [1.82, 2.24) is 10.2 Å². The molecule has 0 bridgehead atoms. The van der Waals surface area contributed by atoms with Crippen molar-refractivity contribution >= 4 is 29.9 Å². The third kappa shape index (κ3) is 6.77. The number of benzene rings is 1. The maximum Gasteiger partial charge on any atom is 0.193 e. The Bertz CT molecular complexity index is 541. The molecule has 0 unspecified atom stereocenters. The summed E-state index contributed by atoms with van der Waals surface area (Å²) in [5.74, 6) is 1.81. The van der Waals surface area contributed by atoms with Crippen molar-refractivity contribution in [2.24, 2.45) is 16.3 Å². The van der Waals surface area contributed by atoms with Crippen LogP contribution in [-0.2, 0) is 11.2 Å². The number of rotatable bonds is 9. The van der Waals surface area contributed by atoms with E-state index in [-0.39, 0.29) is 24.0 Å². The molecule has 0 heterocycles. The largest absolute Gasteiger partial charge is 0.379 e. The smallest absolute Gasteiger partial charge is 0.193 e. The summed E-state index contributed by atoms with van der Waals surface area (Å²) in [5, 5.41) is 3.57. The van der Waals surface area contributed by atoms with Crippen molar-refractivity contribution in [2.45, 2.75) is 32.1 Å². The lowest BCUT2D eigenvalue weighted by molar-refractivity contribution is 0.115. The maximum absolute atomic E-state index is 5.74. The molecule has 1 aromatic carbocycles. The minimum Gasteiger partial charge on any atom is -0.379 e. The first-order chi connectivity index (χ1) is 11.7. The van der Waals surface area contributed by atoms with Gasteiger partial charge in [0.2, 0.25) is 0 Å². The van der Waals surface area contributed by atoms with Crippen molar-refractivity contribution in [3.8, 4) is 0 Å². The van der Waals surface area contributed by atoms with Gasteiger partial charge in [-0.15, -0.1) is 24.0 Å². The van der Waals surface area contributed by atoms with E-state index in [1.54, 1.807) is 0 Å². The Labute approximate surface area is 169 Å². The Balaban J connectivity index is 0.00000225. The monoisotopic (exact) mass is 457 g/mol. The highest BCUT2D eigenvalue weighted by Crippen LogP contribution is 2.47. The van der Waals surface area contributed by atoms with Crippen LogP contribution in [0.5, 0.6) is 0 Å². The van der Waals surface area contributed by atoms with Gasteiger partial charge in [-0.25, -0.2) is 0 Å². The highest BCUT2D eigenvalue weighted by molar-refractivity contribution is 14.0. The van der Waals surface area contributed by atoms with Gasteiger partial charge in [-0.3, -0.25) is 4.99 Å². The maximum atomic E-state index is 5.74. The third-order valence-electron chi connectivity index (χ3n) is 5.20. The molecule has 0 saturated heterocycles. The second kappa shape index (κ2) is 9.76. The van der Waals surface area contributed by atoms with Crippen LogP contribution in [0.4, 0.5) is 0 Å². The number of guanidine groups is 1. The summed E-state index contributed by atoms with van der Waals surface area (Å²) in [6.45, 7) is 3.60. The number of halogens is 1. The lowest BCUT2D eigenvalue weighted by atomic mass is 9.96. The zero-order valence-electron chi connectivity index (χ0n) is 15.5. The van der Waals surface area contributed by atoms with E-state index in [9.17, 15) is 0 Å². The molecule has 4 nitrogen and oxygen atoms in total. The first-order valence-corrected chi connectivity index (χ1v) is 9.24. The predicted octanol–water partition coefficient (Wildman–Crippen LogP) is 3.56. The number of nitrogens with one attached hydrogen (secondary N) is 1. The topological polar surface area (TPSA) is 36.9 Å². The molecule has 0 radical (unpaired) electrons. The minimum atomic E-state index is 0. The van der Waals surface area contributed by atoms with Gasteiger partial charge in [0.1, 0.15) is 0 Å². The average molecular weight is 457 g/mol. The van der Waals surface area contributed by atoms with E-state index in [2.05, 4.69) is 52.6 Å². The van der Waals surface area contributed by atoms with E-state index in [1.807, 2.05) is 7.05 Å². The molecular weight excluding hydrogens is 425 g/mol. The molecule has 0 aliphatic heterocycles. The molecule has 140 valence electrons. The van der Waals surface area contributed by atoms with E-state index in [4.69, 9.17) is 4.74 Å². The number of aliphatic imine (C=N–C) groups is 1. The summed E-state index contributed by atoms with van der Waals surface area (Å²) in [4.78, 5) is 6.60. The fraction of sp³-hybridized carbons (Fsp3) is 0.650. The number of hydrogen-bond donors (Lipinski definition) is 1. The van der Waals surface area contributed by atoms with Crippen LogP contribution in [0.1, 0.15) is 31.2 Å². The van der Waals surface area contributed by atoms with Crippen LogP contribution in [0, 0.1) is 11.3 Å². The van der Waals surface area contributed by atoms with E-state index in [0.717, 1.165) is 44.6 Å². The molecule has 0 aromatic heterocycles. The Morgan fingerprint density at radius 1 is 1.28 bits per heavy atom. The number of likely N-dealkylation sites (N-methyl/N-ethyl adjacent to an activating group) is 1. The molecule has 0 atom stereocenters. The van der Waals surface area contributed by atoms with E-state index < -0.39 is 0 Å². The summed E-state index contributed by atoms with van der Waals surface area (Å²) in [7, 11) is 3.95. The van der Waals surface area contributed by atoms with Gasteiger partial charge in [-0.05, 0) is 49.0 Å². The van der Waals surface area contributed by atoms with E-state index in [1.165, 1.54) is 31.2 Å². The zero-order valence-corrected chi connectivity index (χ0v) is 17.9. The quantitative estimate of drug-likeness (QED) is 0.267. The van der Waals surface area contributed by atoms with Gasteiger partial charge >= 0.3 is 0 Å². The van der Waals surface area contributed by atoms with Gasteiger partial charge in [-0.2, -0.15) is 0 Å². The fourth-order valence-corrected chi connectivity index (χ4v) is 3.11. The zero-order chi connectivity index (χ0) is 16.8. The number of hydrogen-bond acceptors (Lipinski definition) is 2. The van der Waals surface area contributed by atoms with Gasteiger partial charge in [-0.1, -0.05) is 30.3 Å². The summed E-state index contributed by atoms with van der Waals surface area (Å²) < 4.78 is 5.74. The van der Waals surface area contributed by atoms with Crippen molar-refractivity contribution in [3.63, 3.8) is 0 Å². The van der Waals surface area contributed by atoms with Gasteiger partial charge in [0.25, 0.3) is 0 Å². The number of nitrogens with zero attached hydrogens (tertiary/aromatic N) is 2. The van der Waals surface area contributed by atoms with Crippen LogP contribution in [0.25, 0.3) is 0 Å². The molecule has 5 heteroatoms. The average Bonchev–Trinajstić information content (AvgIpc) is 3.51. The lowest BCUT2D eigenvalue weighted by Gasteiger charge is -2.24. The van der Waals surface area contributed by atoms with Gasteiger partial charge in [0, 0.05) is 33.8 Å². The second-order valence-corrected chi connectivity index (χ2v) is 7.50. The Kier molecular flexibility index (Phi) is 8.00. The molecule has 1 N–H and O–H groups in total.